The fourth-order valence-electron chi connectivity index (χ4n) is 3.47. The lowest BCUT2D eigenvalue weighted by Crippen LogP contribution is -2.49. The van der Waals surface area contributed by atoms with E-state index in [1.807, 2.05) is 35.2 Å². The van der Waals surface area contributed by atoms with Gasteiger partial charge in [-0.1, -0.05) is 18.2 Å². The number of nitrogens with zero attached hydrogens (tertiary/aromatic N) is 4. The molecule has 1 aliphatic rings. The monoisotopic (exact) mass is 442 g/mol. The first-order valence-corrected chi connectivity index (χ1v) is 10.1. The highest BCUT2D eigenvalue weighted by Crippen LogP contribution is 2.29. The van der Waals surface area contributed by atoms with Gasteiger partial charge in [-0.15, -0.1) is 0 Å². The van der Waals surface area contributed by atoms with Crippen molar-refractivity contribution >= 4 is 11.7 Å². The molecule has 32 heavy (non-hydrogen) atoms. The number of hydrogen-bond acceptors (Lipinski definition) is 5. The molecule has 1 aromatic heterocycles. The molecule has 0 aliphatic carbocycles. The molecule has 0 radical (unpaired) electrons. The largest absolute Gasteiger partial charge is 0.439 e. The zero-order chi connectivity index (χ0) is 22.7. The van der Waals surface area contributed by atoms with Crippen LogP contribution in [0.15, 0.2) is 60.7 Å². The number of ether oxygens (including phenoxy) is 1. The molecule has 0 unspecified atom stereocenters. The van der Waals surface area contributed by atoms with Crippen molar-refractivity contribution < 1.29 is 22.7 Å². The Morgan fingerprint density at radius 3 is 2.22 bits per heavy atom. The van der Waals surface area contributed by atoms with E-state index in [9.17, 15) is 18.0 Å². The van der Waals surface area contributed by atoms with Crippen LogP contribution in [0, 0.1) is 6.92 Å². The Morgan fingerprint density at radius 1 is 0.938 bits per heavy atom. The molecule has 166 valence electrons. The number of benzene rings is 2. The van der Waals surface area contributed by atoms with Gasteiger partial charge in [0.05, 0.1) is 5.56 Å². The highest BCUT2D eigenvalue weighted by molar-refractivity contribution is 5.94. The molecule has 2 aromatic carbocycles. The molecule has 0 spiro atoms. The minimum Gasteiger partial charge on any atom is -0.439 e. The molecule has 2 heterocycles. The van der Waals surface area contributed by atoms with E-state index >= 15 is 0 Å². The first kappa shape index (κ1) is 21.6. The van der Waals surface area contributed by atoms with Gasteiger partial charge in [-0.05, 0) is 43.3 Å². The fourth-order valence-corrected chi connectivity index (χ4v) is 3.47. The highest BCUT2D eigenvalue weighted by Gasteiger charge is 2.31. The normalized spacial score (nSPS) is 14.4. The van der Waals surface area contributed by atoms with Crippen LogP contribution in [0.1, 0.15) is 21.7 Å². The van der Waals surface area contributed by atoms with Crippen LogP contribution >= 0.6 is 0 Å². The van der Waals surface area contributed by atoms with Crippen LogP contribution in [0.2, 0.25) is 0 Å². The van der Waals surface area contributed by atoms with Crippen LogP contribution in [-0.2, 0) is 6.18 Å². The third-order valence-corrected chi connectivity index (χ3v) is 5.12. The molecule has 3 aromatic rings. The molecule has 9 heteroatoms. The first-order valence-electron chi connectivity index (χ1n) is 10.1. The maximum Gasteiger partial charge on any atom is 0.416 e. The number of anilines is 1. The van der Waals surface area contributed by atoms with Crippen LogP contribution in [-0.4, -0.2) is 47.0 Å². The lowest BCUT2D eigenvalue weighted by Gasteiger charge is -2.35. The number of alkyl halides is 3. The molecule has 1 amide bonds. The van der Waals surface area contributed by atoms with Crippen molar-refractivity contribution in [1.82, 2.24) is 14.9 Å². The van der Waals surface area contributed by atoms with Gasteiger partial charge in [-0.2, -0.15) is 18.2 Å². The van der Waals surface area contributed by atoms with Crippen molar-refractivity contribution in [2.45, 2.75) is 13.1 Å². The van der Waals surface area contributed by atoms with Crippen molar-refractivity contribution in [2.75, 3.05) is 31.1 Å². The number of piperazine rings is 1. The average molecular weight is 442 g/mol. The van der Waals surface area contributed by atoms with Crippen molar-refractivity contribution in [3.8, 4) is 11.6 Å². The predicted molar refractivity (Wildman–Crippen MR) is 113 cm³/mol. The summed E-state index contributed by atoms with van der Waals surface area (Å²) in [6.45, 7) is 3.71. The Kier molecular flexibility index (Phi) is 5.98. The molecule has 0 atom stereocenters. The Hall–Kier alpha value is -3.62. The van der Waals surface area contributed by atoms with Gasteiger partial charge in [0.25, 0.3) is 5.91 Å². The van der Waals surface area contributed by atoms with E-state index in [-0.39, 0.29) is 11.5 Å². The van der Waals surface area contributed by atoms with Crippen molar-refractivity contribution in [2.24, 2.45) is 0 Å². The van der Waals surface area contributed by atoms with Gasteiger partial charge in [0.2, 0.25) is 5.88 Å². The number of aryl methyl sites for hydroxylation is 1. The third-order valence-electron chi connectivity index (χ3n) is 5.12. The van der Waals surface area contributed by atoms with E-state index in [1.165, 1.54) is 12.1 Å². The molecule has 0 N–H and O–H groups in total. The van der Waals surface area contributed by atoms with Gasteiger partial charge in [0, 0.05) is 37.8 Å². The second-order valence-corrected chi connectivity index (χ2v) is 7.38. The molecular weight excluding hydrogens is 421 g/mol. The summed E-state index contributed by atoms with van der Waals surface area (Å²) in [5, 5.41) is 0. The number of carbonyl (C=O) groups is 1. The first-order chi connectivity index (χ1) is 15.3. The van der Waals surface area contributed by atoms with Crippen LogP contribution < -0.4 is 9.64 Å². The Labute approximate surface area is 183 Å². The molecule has 1 fully saturated rings. The number of para-hydroxylation sites is 1. The topological polar surface area (TPSA) is 58.6 Å². The average Bonchev–Trinajstić information content (AvgIpc) is 2.78. The summed E-state index contributed by atoms with van der Waals surface area (Å²) >= 11 is 0. The van der Waals surface area contributed by atoms with Crippen molar-refractivity contribution in [1.29, 1.82) is 0 Å². The van der Waals surface area contributed by atoms with Crippen LogP contribution in [0.4, 0.5) is 19.0 Å². The lowest BCUT2D eigenvalue weighted by atomic mass is 10.1. The Balaban J connectivity index is 1.40. The lowest BCUT2D eigenvalue weighted by molar-refractivity contribution is -0.137. The highest BCUT2D eigenvalue weighted by atomic mass is 19.4. The van der Waals surface area contributed by atoms with E-state index in [0.29, 0.717) is 49.5 Å². The smallest absolute Gasteiger partial charge is 0.416 e. The van der Waals surface area contributed by atoms with Gasteiger partial charge in [-0.25, -0.2) is 4.98 Å². The van der Waals surface area contributed by atoms with Gasteiger partial charge < -0.3 is 14.5 Å². The second kappa shape index (κ2) is 8.86. The Morgan fingerprint density at radius 2 is 1.59 bits per heavy atom. The summed E-state index contributed by atoms with van der Waals surface area (Å²) in [6, 6.07) is 15.4. The number of aromatic nitrogens is 2. The molecule has 1 aliphatic heterocycles. The molecule has 6 nitrogen and oxygen atoms in total. The number of carbonyl (C=O) groups excluding carboxylic acids is 1. The van der Waals surface area contributed by atoms with Gasteiger partial charge >= 0.3 is 6.18 Å². The summed E-state index contributed by atoms with van der Waals surface area (Å²) in [6.07, 6.45) is -4.42. The van der Waals surface area contributed by atoms with Gasteiger partial charge in [-0.3, -0.25) is 4.79 Å². The zero-order valence-electron chi connectivity index (χ0n) is 17.3. The van der Waals surface area contributed by atoms with Gasteiger partial charge in [0.15, 0.2) is 0 Å². The van der Waals surface area contributed by atoms with E-state index < -0.39 is 11.7 Å². The summed E-state index contributed by atoms with van der Waals surface area (Å²) < 4.78 is 44.0. The SMILES string of the molecule is Cc1nc(Oc2ccccc2)cc(N2CCN(C(=O)c3ccc(C(F)(F)F)cc3)CC2)n1. The third kappa shape index (κ3) is 4.99. The fraction of sp³-hybridized carbons (Fsp3) is 0.261. The predicted octanol–water partition coefficient (Wildman–Crippen LogP) is 4.56. The molecular formula is C23H21F3N4O2. The van der Waals surface area contributed by atoms with Crippen LogP contribution in [0.5, 0.6) is 11.6 Å². The molecule has 1 saturated heterocycles. The number of hydrogen-bond donors (Lipinski definition) is 0. The number of rotatable bonds is 4. The van der Waals surface area contributed by atoms with Crippen molar-refractivity contribution in [3.63, 3.8) is 0 Å². The quantitative estimate of drug-likeness (QED) is 0.593. The molecule has 4 rings (SSSR count). The van der Waals surface area contributed by atoms with Crippen molar-refractivity contribution in [3.05, 3.63) is 77.6 Å². The summed E-state index contributed by atoms with van der Waals surface area (Å²) in [7, 11) is 0. The maximum atomic E-state index is 12.7. The van der Waals surface area contributed by atoms with Gasteiger partial charge in [0.1, 0.15) is 17.4 Å². The molecule has 0 bridgehead atoms. The van der Waals surface area contributed by atoms with Crippen LogP contribution in [0.25, 0.3) is 0 Å². The van der Waals surface area contributed by atoms with E-state index in [0.717, 1.165) is 12.1 Å². The number of halogens is 3. The standard InChI is InChI=1S/C23H21F3N4O2/c1-16-27-20(15-21(28-16)32-19-5-3-2-4-6-19)29-11-13-30(14-12-29)22(31)17-7-9-18(10-8-17)23(24,25)26/h2-10,15H,11-14H2,1H3. The van der Waals surface area contributed by atoms with E-state index in [4.69, 9.17) is 4.74 Å². The van der Waals surface area contributed by atoms with E-state index in [1.54, 1.807) is 17.9 Å². The maximum absolute atomic E-state index is 12.7. The van der Waals surface area contributed by atoms with E-state index in [2.05, 4.69) is 9.97 Å². The van der Waals surface area contributed by atoms with Crippen LogP contribution in [0.3, 0.4) is 0 Å². The summed E-state index contributed by atoms with van der Waals surface area (Å²) in [5.74, 6) is 2.08. The minimum absolute atomic E-state index is 0.239. The number of amides is 1. The minimum atomic E-state index is -4.42. The summed E-state index contributed by atoms with van der Waals surface area (Å²) in [4.78, 5) is 25.2. The molecule has 0 saturated carbocycles. The second-order valence-electron chi connectivity index (χ2n) is 7.38. The summed E-state index contributed by atoms with van der Waals surface area (Å²) in [5.41, 5.74) is -0.533. The Bertz CT molecular complexity index is 1080. The zero-order valence-corrected chi connectivity index (χ0v) is 17.3.